The first-order valence-corrected chi connectivity index (χ1v) is 20.0. The third kappa shape index (κ3) is 17.0. The van der Waals surface area contributed by atoms with Gasteiger partial charge in [0.15, 0.2) is 0 Å². The monoisotopic (exact) mass is 753 g/mol. The Labute approximate surface area is 327 Å². The average molecular weight is 753 g/mol. The molecule has 0 spiro atoms. The van der Waals surface area contributed by atoms with Gasteiger partial charge in [0.1, 0.15) is 0 Å². The lowest BCUT2D eigenvalue weighted by atomic mass is 9.69. The number of hydrogen-bond donors (Lipinski definition) is 5. The van der Waals surface area contributed by atoms with Crippen molar-refractivity contribution >= 4 is 23.6 Å². The van der Waals surface area contributed by atoms with Crippen LogP contribution in [-0.4, -0.2) is 87.9 Å². The molecule has 0 bridgehead atoms. The Hall–Kier alpha value is -2.20. The molecule has 0 radical (unpaired) electrons. The molecule has 53 heavy (non-hydrogen) atoms. The van der Waals surface area contributed by atoms with E-state index >= 15 is 0 Å². The van der Waals surface area contributed by atoms with Crippen molar-refractivity contribution < 1.29 is 19.2 Å². The van der Waals surface area contributed by atoms with Gasteiger partial charge in [-0.25, -0.2) is 0 Å². The fourth-order valence-corrected chi connectivity index (χ4v) is 4.03. The standard InChI is InChI=1S/C22H45N3O2.C21H43N3O2/c1-19(2,3)21(7,8)17(26)24-15-11-13-23-14-12-16-25-18(27)22(9,10)20(4,5)6;1-18(2,3)20(7,8)16(25)22-12-14-24(11)15-13-23-17(26)21(9,10)19(4,5)6/h23H,11-16H2,1-10H3,(H,24,26)(H,25,27);12-15H2,1-11H3,(H,22,25)(H,23,26). The van der Waals surface area contributed by atoms with Crippen LogP contribution in [0.25, 0.3) is 0 Å². The molecule has 0 unspecified atom stereocenters. The molecule has 0 rings (SSSR count). The predicted octanol–water partition coefficient (Wildman–Crippen LogP) is 7.03. The first-order valence-electron chi connectivity index (χ1n) is 20.0. The number of hydrogen-bond acceptors (Lipinski definition) is 6. The van der Waals surface area contributed by atoms with Gasteiger partial charge in [-0.2, -0.15) is 0 Å². The van der Waals surface area contributed by atoms with Crippen LogP contribution in [0.4, 0.5) is 0 Å². The van der Waals surface area contributed by atoms with Crippen LogP contribution < -0.4 is 26.6 Å². The van der Waals surface area contributed by atoms with E-state index in [9.17, 15) is 19.2 Å². The Morgan fingerprint density at radius 1 is 0.358 bits per heavy atom. The Bertz CT molecular complexity index is 1060. The van der Waals surface area contributed by atoms with E-state index in [1.54, 1.807) is 0 Å². The molecule has 0 aromatic rings. The summed E-state index contributed by atoms with van der Waals surface area (Å²) in [7, 11) is 2.00. The summed E-state index contributed by atoms with van der Waals surface area (Å²) in [6.07, 6.45) is 1.80. The van der Waals surface area contributed by atoms with Crippen molar-refractivity contribution in [2.24, 2.45) is 43.3 Å². The summed E-state index contributed by atoms with van der Waals surface area (Å²) in [5.74, 6) is 0.385. The minimum absolute atomic E-state index is 0.0681. The van der Waals surface area contributed by atoms with Gasteiger partial charge < -0.3 is 31.5 Å². The second-order valence-electron chi connectivity index (χ2n) is 21.3. The van der Waals surface area contributed by atoms with Crippen molar-refractivity contribution in [1.29, 1.82) is 0 Å². The Morgan fingerprint density at radius 3 is 0.774 bits per heavy atom. The lowest BCUT2D eigenvalue weighted by Gasteiger charge is -2.37. The molecule has 5 N–H and O–H groups in total. The van der Waals surface area contributed by atoms with E-state index in [1.165, 1.54) is 0 Å². The second-order valence-corrected chi connectivity index (χ2v) is 21.3. The number of rotatable bonds is 18. The van der Waals surface area contributed by atoms with E-state index in [4.69, 9.17) is 0 Å². The SMILES string of the molecule is CC(C)(C)C(C)(C)C(=O)NCCCNCCCNC(=O)C(C)(C)C(C)(C)C.CN(CCNC(=O)C(C)(C)C(C)(C)C)CCNC(=O)C(C)(C)C(C)(C)C. The van der Waals surface area contributed by atoms with Crippen LogP contribution in [0.2, 0.25) is 0 Å². The number of amides is 4. The van der Waals surface area contributed by atoms with E-state index in [2.05, 4.69) is 115 Å². The number of nitrogens with zero attached hydrogens (tertiary/aromatic N) is 1. The van der Waals surface area contributed by atoms with Gasteiger partial charge in [0.25, 0.3) is 0 Å². The zero-order valence-electron chi connectivity index (χ0n) is 38.7. The van der Waals surface area contributed by atoms with Gasteiger partial charge in [-0.05, 0) is 54.6 Å². The molecular weight excluding hydrogens is 665 g/mol. The van der Waals surface area contributed by atoms with Gasteiger partial charge >= 0.3 is 0 Å². The molecule has 0 aromatic carbocycles. The molecular formula is C43H88N6O4. The van der Waals surface area contributed by atoms with Crippen molar-refractivity contribution in [2.45, 2.75) is 151 Å². The minimum Gasteiger partial charge on any atom is -0.356 e. The molecule has 0 aliphatic carbocycles. The molecule has 0 heterocycles. The van der Waals surface area contributed by atoms with Crippen LogP contribution >= 0.6 is 0 Å². The smallest absolute Gasteiger partial charge is 0.226 e. The molecule has 0 saturated carbocycles. The Balaban J connectivity index is 0. The molecule has 0 aliphatic rings. The summed E-state index contributed by atoms with van der Waals surface area (Å²) in [6.45, 7) is 46.8. The van der Waals surface area contributed by atoms with Crippen molar-refractivity contribution in [3.63, 3.8) is 0 Å². The first-order chi connectivity index (χ1) is 23.5. The molecule has 0 atom stereocenters. The lowest BCUT2D eigenvalue weighted by Crippen LogP contribution is -2.48. The summed E-state index contributed by atoms with van der Waals surface area (Å²) in [5, 5.41) is 15.5. The van der Waals surface area contributed by atoms with Crippen molar-refractivity contribution in [3.8, 4) is 0 Å². The molecule has 0 fully saturated rings. The van der Waals surface area contributed by atoms with Gasteiger partial charge in [-0.1, -0.05) is 138 Å². The highest BCUT2D eigenvalue weighted by molar-refractivity contribution is 5.84. The highest BCUT2D eigenvalue weighted by Gasteiger charge is 2.42. The Kier molecular flexibility index (Phi) is 20.6. The fraction of sp³-hybridized carbons (Fsp3) is 0.907. The molecule has 0 aromatic heterocycles. The molecule has 10 heteroatoms. The number of carbonyl (C=O) groups is 4. The maximum absolute atomic E-state index is 12.4. The third-order valence-corrected chi connectivity index (χ3v) is 13.0. The highest BCUT2D eigenvalue weighted by Crippen LogP contribution is 2.40. The van der Waals surface area contributed by atoms with Gasteiger partial charge in [0, 0.05) is 60.9 Å². The van der Waals surface area contributed by atoms with Crippen LogP contribution in [0.3, 0.4) is 0 Å². The van der Waals surface area contributed by atoms with Crippen LogP contribution in [0, 0.1) is 43.3 Å². The number of carbonyl (C=O) groups excluding carboxylic acids is 4. The molecule has 314 valence electrons. The molecule has 4 amide bonds. The third-order valence-electron chi connectivity index (χ3n) is 13.0. The van der Waals surface area contributed by atoms with Crippen molar-refractivity contribution in [1.82, 2.24) is 31.5 Å². The van der Waals surface area contributed by atoms with E-state index in [-0.39, 0.29) is 56.1 Å². The molecule has 0 saturated heterocycles. The predicted molar refractivity (Wildman–Crippen MR) is 225 cm³/mol. The maximum Gasteiger partial charge on any atom is 0.226 e. The average Bonchev–Trinajstić information content (AvgIpc) is 2.97. The number of nitrogens with one attached hydrogen (secondary N) is 5. The van der Waals surface area contributed by atoms with E-state index in [1.807, 2.05) is 62.4 Å². The second kappa shape index (κ2) is 20.6. The van der Waals surface area contributed by atoms with Crippen LogP contribution in [0.15, 0.2) is 0 Å². The first kappa shape index (κ1) is 52.9. The summed E-state index contributed by atoms with van der Waals surface area (Å²) in [4.78, 5) is 51.6. The normalized spacial score (nSPS) is 13.5. The summed E-state index contributed by atoms with van der Waals surface area (Å²) in [6, 6.07) is 0. The van der Waals surface area contributed by atoms with E-state index < -0.39 is 10.8 Å². The van der Waals surface area contributed by atoms with Crippen molar-refractivity contribution in [3.05, 3.63) is 0 Å². The van der Waals surface area contributed by atoms with Crippen LogP contribution in [0.1, 0.15) is 151 Å². The van der Waals surface area contributed by atoms with Gasteiger partial charge in [0.05, 0.1) is 0 Å². The number of likely N-dealkylation sites (N-methyl/N-ethyl adjacent to an activating group) is 1. The zero-order valence-corrected chi connectivity index (χ0v) is 38.7. The Morgan fingerprint density at radius 2 is 0.566 bits per heavy atom. The van der Waals surface area contributed by atoms with E-state index in [0.29, 0.717) is 26.2 Å². The van der Waals surface area contributed by atoms with Crippen LogP contribution in [0.5, 0.6) is 0 Å². The minimum atomic E-state index is -0.419. The fourth-order valence-electron chi connectivity index (χ4n) is 4.03. The van der Waals surface area contributed by atoms with E-state index in [0.717, 1.165) is 39.0 Å². The summed E-state index contributed by atoms with van der Waals surface area (Å²) in [5.41, 5.74) is -1.93. The lowest BCUT2D eigenvalue weighted by molar-refractivity contribution is -0.135. The maximum atomic E-state index is 12.4. The largest absolute Gasteiger partial charge is 0.356 e. The quantitative estimate of drug-likeness (QED) is 0.0957. The molecule has 10 nitrogen and oxygen atoms in total. The topological polar surface area (TPSA) is 132 Å². The van der Waals surface area contributed by atoms with Gasteiger partial charge in [0.2, 0.25) is 23.6 Å². The highest BCUT2D eigenvalue weighted by atomic mass is 16.2. The van der Waals surface area contributed by atoms with Gasteiger partial charge in [-0.15, -0.1) is 0 Å². The summed E-state index contributed by atoms with van der Waals surface area (Å²) < 4.78 is 0. The van der Waals surface area contributed by atoms with Crippen molar-refractivity contribution in [2.75, 3.05) is 59.4 Å². The molecule has 0 aliphatic heterocycles. The summed E-state index contributed by atoms with van der Waals surface area (Å²) >= 11 is 0. The van der Waals surface area contributed by atoms with Crippen LogP contribution in [-0.2, 0) is 19.2 Å². The van der Waals surface area contributed by atoms with Gasteiger partial charge in [-0.3, -0.25) is 19.2 Å². The zero-order chi connectivity index (χ0) is 42.5.